The van der Waals surface area contributed by atoms with E-state index in [1.165, 1.54) is 12.7 Å². The Labute approximate surface area is 205 Å². The SMILES string of the molecule is COC(=O)CCCN1C[C@@H](c2ccc(C#N)cc2)[C@]2(C1)CN(c1cc(Cl)cc(Cl)c1)CN2C. The van der Waals surface area contributed by atoms with Crippen molar-refractivity contribution in [3.05, 3.63) is 63.6 Å². The Kier molecular flexibility index (Phi) is 7.16. The van der Waals surface area contributed by atoms with Crippen LogP contribution >= 0.6 is 23.2 Å². The predicted octanol–water partition coefficient (Wildman–Crippen LogP) is 4.37. The maximum atomic E-state index is 11.6. The van der Waals surface area contributed by atoms with Gasteiger partial charge < -0.3 is 14.5 Å². The number of hydrogen-bond acceptors (Lipinski definition) is 6. The van der Waals surface area contributed by atoms with Gasteiger partial charge in [0, 0.05) is 47.7 Å². The average molecular weight is 487 g/mol. The summed E-state index contributed by atoms with van der Waals surface area (Å²) in [6.45, 7) is 4.21. The molecule has 0 radical (unpaired) electrons. The number of nitriles is 1. The van der Waals surface area contributed by atoms with Crippen LogP contribution in [0.3, 0.4) is 0 Å². The van der Waals surface area contributed by atoms with Gasteiger partial charge in [-0.05, 0) is 55.9 Å². The number of carbonyl (C=O) groups excluding carboxylic acids is 1. The summed E-state index contributed by atoms with van der Waals surface area (Å²) in [6, 6.07) is 15.8. The van der Waals surface area contributed by atoms with Crippen LogP contribution in [0.25, 0.3) is 0 Å². The summed E-state index contributed by atoms with van der Waals surface area (Å²) in [5.74, 6) is 0.0857. The van der Waals surface area contributed by atoms with E-state index in [4.69, 9.17) is 27.9 Å². The number of benzene rings is 2. The molecule has 0 saturated carbocycles. The number of hydrogen-bond donors (Lipinski definition) is 0. The molecule has 2 aliphatic rings. The zero-order valence-corrected chi connectivity index (χ0v) is 20.4. The maximum Gasteiger partial charge on any atom is 0.305 e. The van der Waals surface area contributed by atoms with E-state index in [1.807, 2.05) is 24.3 Å². The highest BCUT2D eigenvalue weighted by Crippen LogP contribution is 2.45. The number of nitrogens with zero attached hydrogens (tertiary/aromatic N) is 4. The van der Waals surface area contributed by atoms with E-state index in [-0.39, 0.29) is 17.4 Å². The summed E-state index contributed by atoms with van der Waals surface area (Å²) < 4.78 is 4.80. The monoisotopic (exact) mass is 486 g/mol. The van der Waals surface area contributed by atoms with Crippen LogP contribution in [0.5, 0.6) is 0 Å². The molecule has 4 rings (SSSR count). The van der Waals surface area contributed by atoms with Gasteiger partial charge in [-0.2, -0.15) is 5.26 Å². The molecular weight excluding hydrogens is 459 g/mol. The van der Waals surface area contributed by atoms with E-state index in [0.717, 1.165) is 45.0 Å². The standard InChI is InChI=1S/C25H28Cl2N4O2/c1-29-17-31(22-11-20(26)10-21(27)12-22)16-25(29)15-30(9-3-4-24(32)33-2)14-23(25)19-7-5-18(13-28)6-8-19/h5-8,10-12,23H,3-4,9,14-17H2,1-2H3/t23-,25-/m0/s1. The lowest BCUT2D eigenvalue weighted by atomic mass is 9.81. The second-order valence-electron chi connectivity index (χ2n) is 8.97. The molecule has 2 atom stereocenters. The smallest absolute Gasteiger partial charge is 0.305 e. The first-order chi connectivity index (χ1) is 15.8. The van der Waals surface area contributed by atoms with Crippen molar-refractivity contribution in [1.82, 2.24) is 9.80 Å². The molecule has 2 aliphatic heterocycles. The van der Waals surface area contributed by atoms with Crippen molar-refractivity contribution in [1.29, 1.82) is 5.26 Å². The number of anilines is 1. The fraction of sp³-hybridized carbons (Fsp3) is 0.440. The van der Waals surface area contributed by atoms with E-state index < -0.39 is 0 Å². The van der Waals surface area contributed by atoms with Crippen molar-refractivity contribution in [2.45, 2.75) is 24.3 Å². The van der Waals surface area contributed by atoms with Gasteiger partial charge in [0.1, 0.15) is 0 Å². The molecular formula is C25H28Cl2N4O2. The first-order valence-electron chi connectivity index (χ1n) is 11.1. The Morgan fingerprint density at radius 3 is 2.52 bits per heavy atom. The van der Waals surface area contributed by atoms with Crippen LogP contribution in [0.2, 0.25) is 10.0 Å². The summed E-state index contributed by atoms with van der Waals surface area (Å²) in [4.78, 5) is 18.8. The summed E-state index contributed by atoms with van der Waals surface area (Å²) in [7, 11) is 3.60. The molecule has 0 bridgehead atoms. The predicted molar refractivity (Wildman–Crippen MR) is 131 cm³/mol. The minimum absolute atomic E-state index is 0.117. The van der Waals surface area contributed by atoms with Gasteiger partial charge in [0.05, 0.1) is 31.0 Å². The van der Waals surface area contributed by atoms with Gasteiger partial charge in [-0.3, -0.25) is 9.69 Å². The molecule has 1 spiro atoms. The Morgan fingerprint density at radius 1 is 1.18 bits per heavy atom. The first kappa shape index (κ1) is 23.8. The molecule has 8 heteroatoms. The number of methoxy groups -OCH3 is 1. The van der Waals surface area contributed by atoms with Crippen molar-refractivity contribution in [2.75, 3.05) is 51.9 Å². The second kappa shape index (κ2) is 9.90. The van der Waals surface area contributed by atoms with Crippen molar-refractivity contribution in [3.8, 4) is 6.07 Å². The normalized spacial score (nSPS) is 23.2. The maximum absolute atomic E-state index is 11.6. The van der Waals surface area contributed by atoms with Gasteiger partial charge in [-0.25, -0.2) is 0 Å². The highest BCUT2D eigenvalue weighted by atomic mass is 35.5. The van der Waals surface area contributed by atoms with Gasteiger partial charge in [0.25, 0.3) is 0 Å². The third kappa shape index (κ3) is 4.97. The lowest BCUT2D eigenvalue weighted by molar-refractivity contribution is -0.140. The van der Waals surface area contributed by atoms with Crippen LogP contribution in [0, 0.1) is 11.3 Å². The summed E-state index contributed by atoms with van der Waals surface area (Å²) >= 11 is 12.6. The fourth-order valence-electron chi connectivity index (χ4n) is 5.25. The van der Waals surface area contributed by atoms with Gasteiger partial charge in [0.2, 0.25) is 0 Å². The van der Waals surface area contributed by atoms with Crippen molar-refractivity contribution < 1.29 is 9.53 Å². The van der Waals surface area contributed by atoms with Crippen LogP contribution in [0.4, 0.5) is 5.69 Å². The molecule has 174 valence electrons. The Hall–Kier alpha value is -2.30. The van der Waals surface area contributed by atoms with Crippen molar-refractivity contribution >= 4 is 34.9 Å². The molecule has 2 aromatic rings. The summed E-state index contributed by atoms with van der Waals surface area (Å²) in [6.07, 6.45) is 1.19. The average Bonchev–Trinajstić information content (AvgIpc) is 3.33. The zero-order chi connectivity index (χ0) is 23.6. The van der Waals surface area contributed by atoms with E-state index >= 15 is 0 Å². The molecule has 0 aliphatic carbocycles. The van der Waals surface area contributed by atoms with Crippen LogP contribution in [0.1, 0.15) is 29.9 Å². The molecule has 0 amide bonds. The molecule has 2 saturated heterocycles. The lowest BCUT2D eigenvalue weighted by Gasteiger charge is -2.36. The van der Waals surface area contributed by atoms with Crippen LogP contribution in [-0.2, 0) is 9.53 Å². The van der Waals surface area contributed by atoms with Crippen LogP contribution in [0.15, 0.2) is 42.5 Å². The second-order valence-corrected chi connectivity index (χ2v) is 9.84. The zero-order valence-electron chi connectivity index (χ0n) is 18.9. The minimum atomic E-state index is -0.172. The van der Waals surface area contributed by atoms with Crippen molar-refractivity contribution in [2.24, 2.45) is 0 Å². The van der Waals surface area contributed by atoms with Gasteiger partial charge in [0.15, 0.2) is 0 Å². The first-order valence-corrected chi connectivity index (χ1v) is 11.8. The largest absolute Gasteiger partial charge is 0.469 e. The number of carbonyl (C=O) groups is 1. The molecule has 0 N–H and O–H groups in total. The summed E-state index contributed by atoms with van der Waals surface area (Å²) in [5.41, 5.74) is 2.78. The highest BCUT2D eigenvalue weighted by Gasteiger charge is 2.54. The van der Waals surface area contributed by atoms with Crippen LogP contribution in [-0.4, -0.2) is 68.3 Å². The Bertz CT molecular complexity index is 1040. The minimum Gasteiger partial charge on any atom is -0.469 e. The number of likely N-dealkylation sites (N-methyl/N-ethyl adjacent to an activating group) is 1. The van der Waals surface area contributed by atoms with E-state index in [1.54, 1.807) is 6.07 Å². The number of likely N-dealkylation sites (tertiary alicyclic amines) is 1. The quantitative estimate of drug-likeness (QED) is 0.565. The molecule has 6 nitrogen and oxygen atoms in total. The van der Waals surface area contributed by atoms with Gasteiger partial charge >= 0.3 is 5.97 Å². The number of ether oxygens (including phenoxy) is 1. The molecule has 33 heavy (non-hydrogen) atoms. The van der Waals surface area contributed by atoms with E-state index in [2.05, 4.69) is 39.9 Å². The highest BCUT2D eigenvalue weighted by molar-refractivity contribution is 6.35. The third-order valence-corrected chi connectivity index (χ3v) is 7.37. The molecule has 2 aromatic carbocycles. The number of halogens is 2. The summed E-state index contributed by atoms with van der Waals surface area (Å²) in [5, 5.41) is 10.5. The Balaban J connectivity index is 1.61. The van der Waals surface area contributed by atoms with Gasteiger partial charge in [-0.15, -0.1) is 0 Å². The molecule has 2 heterocycles. The lowest BCUT2D eigenvalue weighted by Crippen LogP contribution is -2.50. The van der Waals surface area contributed by atoms with Crippen molar-refractivity contribution in [3.63, 3.8) is 0 Å². The Morgan fingerprint density at radius 2 is 1.88 bits per heavy atom. The number of esters is 1. The topological polar surface area (TPSA) is 59.8 Å². The van der Waals surface area contributed by atoms with Crippen LogP contribution < -0.4 is 4.90 Å². The van der Waals surface area contributed by atoms with E-state index in [9.17, 15) is 10.1 Å². The third-order valence-electron chi connectivity index (χ3n) is 6.93. The fourth-order valence-corrected chi connectivity index (χ4v) is 5.77. The number of rotatable bonds is 6. The molecule has 2 fully saturated rings. The van der Waals surface area contributed by atoms with Gasteiger partial charge in [-0.1, -0.05) is 35.3 Å². The van der Waals surface area contributed by atoms with E-state index in [0.29, 0.717) is 22.0 Å². The molecule has 0 aromatic heterocycles. The molecule has 0 unspecified atom stereocenters.